The first-order valence-electron chi connectivity index (χ1n) is 16.2. The van der Waals surface area contributed by atoms with Crippen molar-refractivity contribution in [3.8, 4) is 11.3 Å². The SMILES string of the molecule is CC.Cc1ncc(NC(=O)CC2CCCC2)cc1NC(=O)C1=Cc2cc(-c3cnn(C)c3)n(COCCS(C)(C)C)c2CC1C.[HH].[HH]. The first-order valence-corrected chi connectivity index (χ1v) is 19.2. The molecule has 0 aromatic carbocycles. The molecule has 0 bridgehead atoms. The predicted octanol–water partition coefficient (Wildman–Crippen LogP) is 7.51. The summed E-state index contributed by atoms with van der Waals surface area (Å²) in [5, 5.41) is 10.4. The van der Waals surface area contributed by atoms with E-state index in [9.17, 15) is 9.59 Å². The van der Waals surface area contributed by atoms with E-state index in [1.54, 1.807) is 16.9 Å². The molecule has 9 nitrogen and oxygen atoms in total. The van der Waals surface area contributed by atoms with Crippen molar-refractivity contribution in [2.75, 3.05) is 41.8 Å². The normalized spacial score (nSPS) is 16.8. The number of hydrogen-bond acceptors (Lipinski definition) is 5. The number of aromatic nitrogens is 4. The van der Waals surface area contributed by atoms with Crippen LogP contribution in [0.2, 0.25) is 0 Å². The number of carbonyl (C=O) groups is 2. The summed E-state index contributed by atoms with van der Waals surface area (Å²) in [5.41, 5.74) is 6.86. The lowest BCUT2D eigenvalue weighted by molar-refractivity contribution is -0.117. The van der Waals surface area contributed by atoms with Crippen LogP contribution in [-0.2, 0) is 34.5 Å². The van der Waals surface area contributed by atoms with Gasteiger partial charge in [0.1, 0.15) is 6.73 Å². The molecule has 0 saturated heterocycles. The van der Waals surface area contributed by atoms with Crippen LogP contribution in [0.4, 0.5) is 11.4 Å². The number of hydrogen-bond donors (Lipinski definition) is 2. The molecule has 3 aromatic rings. The van der Waals surface area contributed by atoms with Crippen LogP contribution in [0.15, 0.2) is 36.3 Å². The molecule has 10 heteroatoms. The van der Waals surface area contributed by atoms with E-state index in [0.717, 1.165) is 53.1 Å². The summed E-state index contributed by atoms with van der Waals surface area (Å²) < 4.78 is 10.2. The Morgan fingerprint density at radius 2 is 1.84 bits per heavy atom. The number of rotatable bonds is 11. The van der Waals surface area contributed by atoms with Gasteiger partial charge in [0.25, 0.3) is 5.91 Å². The van der Waals surface area contributed by atoms with Crippen molar-refractivity contribution >= 4 is 39.3 Å². The van der Waals surface area contributed by atoms with Crippen molar-refractivity contribution in [2.45, 2.75) is 73.0 Å². The highest BCUT2D eigenvalue weighted by atomic mass is 32.3. The second kappa shape index (κ2) is 15.3. The fourth-order valence-electron chi connectivity index (χ4n) is 5.98. The third-order valence-electron chi connectivity index (χ3n) is 8.47. The number of carbonyl (C=O) groups excluding carboxylic acids is 2. The highest BCUT2D eigenvalue weighted by Crippen LogP contribution is 2.36. The van der Waals surface area contributed by atoms with Gasteiger partial charge in [0.05, 0.1) is 41.8 Å². The first-order chi connectivity index (χ1) is 21.5. The Hall–Kier alpha value is -3.37. The maximum absolute atomic E-state index is 13.6. The molecule has 0 aliphatic heterocycles. The number of amides is 2. The number of fused-ring (bicyclic) bond motifs is 1. The molecular weight excluding hydrogens is 584 g/mol. The van der Waals surface area contributed by atoms with Crippen molar-refractivity contribution < 1.29 is 17.2 Å². The van der Waals surface area contributed by atoms with Gasteiger partial charge in [-0.2, -0.15) is 5.10 Å². The van der Waals surface area contributed by atoms with Crippen molar-refractivity contribution in [1.29, 1.82) is 0 Å². The number of anilines is 2. The van der Waals surface area contributed by atoms with Crippen LogP contribution in [0, 0.1) is 18.8 Å². The van der Waals surface area contributed by atoms with Gasteiger partial charge in [-0.05, 0) is 80.6 Å². The van der Waals surface area contributed by atoms with E-state index < -0.39 is 10.0 Å². The molecule has 1 unspecified atom stereocenters. The summed E-state index contributed by atoms with van der Waals surface area (Å²) in [7, 11) is 1.28. The second-order valence-electron chi connectivity index (χ2n) is 13.0. The van der Waals surface area contributed by atoms with E-state index in [-0.39, 0.29) is 20.6 Å². The van der Waals surface area contributed by atoms with Crippen LogP contribution in [0.3, 0.4) is 0 Å². The maximum Gasteiger partial charge on any atom is 0.251 e. The summed E-state index contributed by atoms with van der Waals surface area (Å²) in [6.07, 6.45) is 20.3. The van der Waals surface area contributed by atoms with E-state index in [1.807, 2.05) is 46.3 Å². The number of nitrogens with one attached hydrogen (secondary N) is 2. The maximum atomic E-state index is 13.6. The molecule has 1 atom stereocenters. The van der Waals surface area contributed by atoms with Crippen LogP contribution in [0.25, 0.3) is 17.3 Å². The van der Waals surface area contributed by atoms with Crippen molar-refractivity contribution in [1.82, 2.24) is 19.3 Å². The highest BCUT2D eigenvalue weighted by molar-refractivity contribution is 8.32. The van der Waals surface area contributed by atoms with Gasteiger partial charge in [0.2, 0.25) is 5.91 Å². The van der Waals surface area contributed by atoms with Crippen molar-refractivity contribution in [3.05, 3.63) is 53.2 Å². The number of ether oxygens (including phenoxy) is 1. The minimum Gasteiger partial charge on any atom is -0.360 e. The average Bonchev–Trinajstić information content (AvgIpc) is 3.73. The predicted molar refractivity (Wildman–Crippen MR) is 192 cm³/mol. The second-order valence-corrected chi connectivity index (χ2v) is 17.6. The smallest absolute Gasteiger partial charge is 0.251 e. The van der Waals surface area contributed by atoms with Gasteiger partial charge in [-0.25, -0.2) is 10.0 Å². The van der Waals surface area contributed by atoms with Gasteiger partial charge in [-0.3, -0.25) is 19.3 Å². The fourth-order valence-corrected chi connectivity index (χ4v) is 6.60. The highest BCUT2D eigenvalue weighted by Gasteiger charge is 2.28. The molecule has 2 aliphatic carbocycles. The van der Waals surface area contributed by atoms with Crippen LogP contribution in [0.1, 0.15) is 72.7 Å². The van der Waals surface area contributed by atoms with Gasteiger partial charge in [-0.15, -0.1) is 0 Å². The molecule has 1 saturated carbocycles. The van der Waals surface area contributed by atoms with Gasteiger partial charge in [0.15, 0.2) is 0 Å². The monoisotopic (exact) mass is 640 g/mol. The molecule has 2 N–H and O–H groups in total. The molecule has 3 heterocycles. The van der Waals surface area contributed by atoms with E-state index in [4.69, 9.17) is 4.74 Å². The Morgan fingerprint density at radius 1 is 1.11 bits per heavy atom. The lowest BCUT2D eigenvalue weighted by atomic mass is 9.87. The van der Waals surface area contributed by atoms with Crippen LogP contribution < -0.4 is 10.6 Å². The average molecular weight is 641 g/mol. The zero-order valence-electron chi connectivity index (χ0n) is 28.4. The quantitative estimate of drug-likeness (QED) is 0.211. The molecule has 0 radical (unpaired) electrons. The number of pyridine rings is 1. The third kappa shape index (κ3) is 9.10. The van der Waals surface area contributed by atoms with Crippen LogP contribution in [-0.4, -0.2) is 62.3 Å². The molecular formula is C35H56N6O3S. The Morgan fingerprint density at radius 3 is 2.51 bits per heavy atom. The molecule has 2 aliphatic rings. The van der Waals surface area contributed by atoms with Gasteiger partial charge < -0.3 is 19.9 Å². The Labute approximate surface area is 273 Å². The van der Waals surface area contributed by atoms with E-state index in [1.165, 1.54) is 12.8 Å². The summed E-state index contributed by atoms with van der Waals surface area (Å²) in [6, 6.07) is 3.94. The zero-order chi connectivity index (χ0) is 32.7. The lowest BCUT2D eigenvalue weighted by Crippen LogP contribution is -2.24. The molecule has 0 spiro atoms. The summed E-state index contributed by atoms with van der Waals surface area (Å²) in [4.78, 5) is 30.7. The van der Waals surface area contributed by atoms with Crippen LogP contribution >= 0.6 is 10.0 Å². The van der Waals surface area contributed by atoms with Gasteiger partial charge >= 0.3 is 0 Å². The minimum atomic E-state index is -0.637. The minimum absolute atomic E-state index is 0. The molecule has 250 valence electrons. The number of nitrogens with zero attached hydrogens (tertiary/aromatic N) is 4. The fraction of sp³-hybridized carbons (Fsp3) is 0.543. The standard InChI is InChI=1S/C33H46N6O3S.C2H6.2H2/c1-22-13-30-25(16-31(26-18-35-38(3)20-26)39(30)21-42-11-12-43(4,5)6)15-28(22)33(41)37-29-17-27(19-34-23(29)2)36-32(40)14-24-9-7-8-10-24;1-2;;/h15-20,22,24H,7-14,21H2,1-6H3,(H,36,40)(H,37,41);1-2H3;2*1H. The topological polar surface area (TPSA) is 103 Å². The summed E-state index contributed by atoms with van der Waals surface area (Å²) in [5.74, 6) is 1.37. The van der Waals surface area contributed by atoms with E-state index in [2.05, 4.69) is 57.0 Å². The Kier molecular flexibility index (Phi) is 11.7. The molecule has 2 amide bonds. The van der Waals surface area contributed by atoms with Gasteiger partial charge in [-0.1, -0.05) is 33.6 Å². The van der Waals surface area contributed by atoms with E-state index in [0.29, 0.717) is 42.7 Å². The molecule has 45 heavy (non-hydrogen) atoms. The summed E-state index contributed by atoms with van der Waals surface area (Å²) in [6.45, 7) is 9.12. The Balaban J connectivity index is 0.00000188. The number of aryl methyl sites for hydroxylation is 2. The Bertz CT molecular complexity index is 1520. The first kappa shape index (κ1) is 34.5. The van der Waals surface area contributed by atoms with Gasteiger partial charge in [0, 0.05) is 45.1 Å². The summed E-state index contributed by atoms with van der Waals surface area (Å²) >= 11 is 0. The van der Waals surface area contributed by atoms with Crippen LogP contribution in [0.5, 0.6) is 0 Å². The third-order valence-corrected chi connectivity index (χ3v) is 9.87. The molecule has 3 aromatic heterocycles. The van der Waals surface area contributed by atoms with E-state index >= 15 is 0 Å². The lowest BCUT2D eigenvalue weighted by Gasteiger charge is -2.26. The van der Waals surface area contributed by atoms with Crippen molar-refractivity contribution in [2.24, 2.45) is 18.9 Å². The zero-order valence-corrected chi connectivity index (χ0v) is 29.2. The largest absolute Gasteiger partial charge is 0.360 e. The van der Waals surface area contributed by atoms with Crippen molar-refractivity contribution in [3.63, 3.8) is 0 Å². The molecule has 5 rings (SSSR count). The molecule has 1 fully saturated rings.